The molecule has 1 saturated carbocycles. The first-order valence-corrected chi connectivity index (χ1v) is 6.79. The van der Waals surface area contributed by atoms with Crippen LogP contribution in [0, 0.1) is 10.1 Å². The maximum absolute atomic E-state index is 11.6. The third-order valence-electron chi connectivity index (χ3n) is 2.68. The normalized spacial score (nSPS) is 14.4. The van der Waals surface area contributed by atoms with Crippen LogP contribution in [-0.2, 0) is 0 Å². The second kappa shape index (κ2) is 5.92. The second-order valence-corrected chi connectivity index (χ2v) is 5.16. The molecule has 0 aliphatic heterocycles. The number of hydrogen-bond acceptors (Lipinski definition) is 5. The summed E-state index contributed by atoms with van der Waals surface area (Å²) in [6, 6.07) is 1.99. The zero-order valence-corrected chi connectivity index (χ0v) is 10.7. The summed E-state index contributed by atoms with van der Waals surface area (Å²) in [6.07, 6.45) is 3.38. The molecule has 1 aliphatic rings. The SMILES string of the molecule is O=C(NCCCNC1CC1)c1csc([N+](=O)[O-])c1. The summed E-state index contributed by atoms with van der Waals surface area (Å²) in [5.74, 6) is -0.245. The van der Waals surface area contributed by atoms with E-state index in [-0.39, 0.29) is 10.9 Å². The zero-order chi connectivity index (χ0) is 13.0. The standard InChI is InChI=1S/C11H15N3O3S/c15-11(8-6-10(14(16)17)18-7-8)13-5-1-4-12-9-2-3-9/h6-7,9,12H,1-5H2,(H,13,15). The van der Waals surface area contributed by atoms with E-state index in [0.29, 0.717) is 18.2 Å². The number of thiophene rings is 1. The Morgan fingerprint density at radius 3 is 2.89 bits per heavy atom. The highest BCUT2D eigenvalue weighted by atomic mass is 32.1. The van der Waals surface area contributed by atoms with E-state index in [1.54, 1.807) is 0 Å². The average molecular weight is 269 g/mol. The summed E-state index contributed by atoms with van der Waals surface area (Å²) in [5, 5.41) is 18.1. The number of rotatable bonds is 7. The molecular weight excluding hydrogens is 254 g/mol. The first kappa shape index (κ1) is 13.0. The smallest absolute Gasteiger partial charge is 0.324 e. The fourth-order valence-electron chi connectivity index (χ4n) is 1.53. The van der Waals surface area contributed by atoms with Crippen molar-refractivity contribution in [2.75, 3.05) is 13.1 Å². The van der Waals surface area contributed by atoms with Crippen LogP contribution in [0.15, 0.2) is 11.4 Å². The lowest BCUT2D eigenvalue weighted by Gasteiger charge is -2.04. The molecule has 0 aromatic carbocycles. The van der Waals surface area contributed by atoms with Crippen LogP contribution in [0.5, 0.6) is 0 Å². The summed E-state index contributed by atoms with van der Waals surface area (Å²) in [5.41, 5.74) is 0.363. The van der Waals surface area contributed by atoms with Gasteiger partial charge in [0.1, 0.15) is 0 Å². The highest BCUT2D eigenvalue weighted by Gasteiger charge is 2.19. The van der Waals surface area contributed by atoms with Crippen molar-refractivity contribution in [3.63, 3.8) is 0 Å². The van der Waals surface area contributed by atoms with Gasteiger partial charge in [0, 0.05) is 24.0 Å². The minimum atomic E-state index is -0.485. The molecule has 0 bridgehead atoms. The number of carbonyl (C=O) groups excluding carboxylic acids is 1. The first-order chi connectivity index (χ1) is 8.66. The van der Waals surface area contributed by atoms with Crippen molar-refractivity contribution in [1.82, 2.24) is 10.6 Å². The summed E-state index contributed by atoms with van der Waals surface area (Å²) < 4.78 is 0. The van der Waals surface area contributed by atoms with Gasteiger partial charge in [-0.2, -0.15) is 0 Å². The van der Waals surface area contributed by atoms with Gasteiger partial charge in [-0.1, -0.05) is 11.3 Å². The molecule has 0 unspecified atom stereocenters. The van der Waals surface area contributed by atoms with Gasteiger partial charge in [0.05, 0.1) is 10.5 Å². The number of nitro groups is 1. The first-order valence-electron chi connectivity index (χ1n) is 5.91. The van der Waals surface area contributed by atoms with Gasteiger partial charge in [0.2, 0.25) is 0 Å². The molecule has 1 aromatic rings. The Labute approximate surface area is 109 Å². The van der Waals surface area contributed by atoms with Crippen LogP contribution in [-0.4, -0.2) is 30.0 Å². The van der Waals surface area contributed by atoms with Gasteiger partial charge in [-0.25, -0.2) is 0 Å². The van der Waals surface area contributed by atoms with E-state index in [9.17, 15) is 14.9 Å². The molecule has 6 nitrogen and oxygen atoms in total. The lowest BCUT2D eigenvalue weighted by molar-refractivity contribution is -0.380. The van der Waals surface area contributed by atoms with Gasteiger partial charge in [-0.05, 0) is 25.8 Å². The number of nitrogens with one attached hydrogen (secondary N) is 2. The number of carbonyl (C=O) groups is 1. The topological polar surface area (TPSA) is 84.3 Å². The molecule has 0 saturated heterocycles. The van der Waals surface area contributed by atoms with Crippen LogP contribution < -0.4 is 10.6 Å². The maximum atomic E-state index is 11.6. The average Bonchev–Trinajstić information content (AvgIpc) is 3.02. The monoisotopic (exact) mass is 269 g/mol. The van der Waals surface area contributed by atoms with E-state index in [1.807, 2.05) is 0 Å². The molecule has 0 atom stereocenters. The van der Waals surface area contributed by atoms with Gasteiger partial charge in [0.15, 0.2) is 0 Å². The van der Waals surface area contributed by atoms with Crippen LogP contribution in [0.1, 0.15) is 29.6 Å². The Hall–Kier alpha value is -1.47. The predicted octanol–water partition coefficient (Wildman–Crippen LogP) is 1.53. The summed E-state index contributed by atoms with van der Waals surface area (Å²) >= 11 is 0.970. The Bertz CT molecular complexity index is 442. The van der Waals surface area contributed by atoms with Crippen molar-refractivity contribution in [3.8, 4) is 0 Å². The van der Waals surface area contributed by atoms with E-state index >= 15 is 0 Å². The van der Waals surface area contributed by atoms with Gasteiger partial charge in [-0.3, -0.25) is 14.9 Å². The molecule has 1 amide bonds. The predicted molar refractivity (Wildman–Crippen MR) is 68.9 cm³/mol. The van der Waals surface area contributed by atoms with Gasteiger partial charge in [0.25, 0.3) is 5.91 Å². The van der Waals surface area contributed by atoms with Crippen LogP contribution >= 0.6 is 11.3 Å². The van der Waals surface area contributed by atoms with Gasteiger partial charge in [-0.15, -0.1) is 0 Å². The van der Waals surface area contributed by atoms with Crippen molar-refractivity contribution in [3.05, 3.63) is 27.1 Å². The lowest BCUT2D eigenvalue weighted by atomic mass is 10.3. The Morgan fingerprint density at radius 2 is 2.28 bits per heavy atom. The quantitative estimate of drug-likeness (QED) is 0.446. The Morgan fingerprint density at radius 1 is 1.50 bits per heavy atom. The summed E-state index contributed by atoms with van der Waals surface area (Å²) in [6.45, 7) is 1.48. The molecule has 1 heterocycles. The van der Waals surface area contributed by atoms with Gasteiger partial charge >= 0.3 is 5.00 Å². The fraction of sp³-hybridized carbons (Fsp3) is 0.545. The molecule has 1 aliphatic carbocycles. The van der Waals surface area contributed by atoms with Crippen LogP contribution in [0.4, 0.5) is 5.00 Å². The number of hydrogen-bond donors (Lipinski definition) is 2. The van der Waals surface area contributed by atoms with Crippen molar-refractivity contribution in [2.24, 2.45) is 0 Å². The van der Waals surface area contributed by atoms with E-state index in [2.05, 4.69) is 10.6 Å². The molecule has 18 heavy (non-hydrogen) atoms. The van der Waals surface area contributed by atoms with E-state index in [0.717, 1.165) is 24.3 Å². The van der Waals surface area contributed by atoms with E-state index in [4.69, 9.17) is 0 Å². The lowest BCUT2D eigenvalue weighted by Crippen LogP contribution is -2.27. The molecule has 1 fully saturated rings. The molecule has 98 valence electrons. The van der Waals surface area contributed by atoms with Crippen LogP contribution in [0.3, 0.4) is 0 Å². The number of nitrogens with zero attached hydrogens (tertiary/aromatic N) is 1. The molecule has 1 aromatic heterocycles. The highest BCUT2D eigenvalue weighted by molar-refractivity contribution is 7.13. The largest absolute Gasteiger partial charge is 0.352 e. The minimum absolute atomic E-state index is 0.00412. The molecule has 7 heteroatoms. The van der Waals surface area contributed by atoms with E-state index < -0.39 is 4.92 Å². The molecule has 2 N–H and O–H groups in total. The Kier molecular flexibility index (Phi) is 4.27. The molecule has 0 spiro atoms. The van der Waals surface area contributed by atoms with Crippen molar-refractivity contribution >= 4 is 22.2 Å². The minimum Gasteiger partial charge on any atom is -0.352 e. The van der Waals surface area contributed by atoms with Crippen molar-refractivity contribution < 1.29 is 9.72 Å². The summed E-state index contributed by atoms with van der Waals surface area (Å²) in [7, 11) is 0. The highest BCUT2D eigenvalue weighted by Crippen LogP contribution is 2.22. The third kappa shape index (κ3) is 3.78. The maximum Gasteiger partial charge on any atom is 0.324 e. The fourth-order valence-corrected chi connectivity index (χ4v) is 2.23. The van der Waals surface area contributed by atoms with Crippen LogP contribution in [0.2, 0.25) is 0 Å². The number of amides is 1. The summed E-state index contributed by atoms with van der Waals surface area (Å²) in [4.78, 5) is 21.6. The molecular formula is C11H15N3O3S. The van der Waals surface area contributed by atoms with E-state index in [1.165, 1.54) is 24.3 Å². The molecule has 2 rings (SSSR count). The Balaban J connectivity index is 1.67. The second-order valence-electron chi connectivity index (χ2n) is 4.27. The van der Waals surface area contributed by atoms with Crippen molar-refractivity contribution in [2.45, 2.75) is 25.3 Å². The zero-order valence-electron chi connectivity index (χ0n) is 9.85. The molecule has 0 radical (unpaired) electrons. The van der Waals surface area contributed by atoms with Crippen molar-refractivity contribution in [1.29, 1.82) is 0 Å². The van der Waals surface area contributed by atoms with Crippen LogP contribution in [0.25, 0.3) is 0 Å². The van der Waals surface area contributed by atoms with Gasteiger partial charge < -0.3 is 10.6 Å². The third-order valence-corrected chi connectivity index (χ3v) is 3.56.